The van der Waals surface area contributed by atoms with Gasteiger partial charge in [-0.2, -0.15) is 0 Å². The van der Waals surface area contributed by atoms with Crippen LogP contribution in [0.15, 0.2) is 65.8 Å². The van der Waals surface area contributed by atoms with Crippen molar-refractivity contribution in [1.29, 1.82) is 0 Å². The Morgan fingerprint density at radius 1 is 1.19 bits per heavy atom. The number of hydrogen-bond donors (Lipinski definition) is 1. The lowest BCUT2D eigenvalue weighted by molar-refractivity contribution is -0.126. The number of nitrogens with one attached hydrogen (secondary N) is 1. The van der Waals surface area contributed by atoms with E-state index in [1.54, 1.807) is 30.0 Å². The highest BCUT2D eigenvalue weighted by atomic mass is 32.2. The van der Waals surface area contributed by atoms with Gasteiger partial charge in [0, 0.05) is 43.0 Å². The first-order chi connectivity index (χ1) is 15.5. The van der Waals surface area contributed by atoms with Crippen molar-refractivity contribution < 1.29 is 14.3 Å². The number of amides is 2. The Morgan fingerprint density at radius 2 is 1.91 bits per heavy atom. The number of ether oxygens (including phenoxy) is 1. The number of benzene rings is 2. The summed E-state index contributed by atoms with van der Waals surface area (Å²) >= 11 is 1.65. The van der Waals surface area contributed by atoms with E-state index < -0.39 is 12.0 Å². The lowest BCUT2D eigenvalue weighted by Crippen LogP contribution is -2.37. The first-order valence-electron chi connectivity index (χ1n) is 10.4. The first-order valence-corrected chi connectivity index (χ1v) is 11.6. The van der Waals surface area contributed by atoms with Gasteiger partial charge in [-0.25, -0.2) is 4.98 Å². The molecule has 0 saturated carbocycles. The predicted molar refractivity (Wildman–Crippen MR) is 125 cm³/mol. The molecule has 7 nitrogen and oxygen atoms in total. The van der Waals surface area contributed by atoms with E-state index in [-0.39, 0.29) is 18.2 Å². The molecule has 166 valence electrons. The Bertz CT molecular complexity index is 1100. The lowest BCUT2D eigenvalue weighted by Gasteiger charge is -2.22. The van der Waals surface area contributed by atoms with Crippen LogP contribution in [-0.4, -0.2) is 41.3 Å². The summed E-state index contributed by atoms with van der Waals surface area (Å²) in [5, 5.41) is 3.12. The van der Waals surface area contributed by atoms with Crippen molar-refractivity contribution in [3.8, 4) is 5.75 Å². The molecule has 3 aromatic rings. The maximum Gasteiger partial charge on any atom is 0.227 e. The van der Waals surface area contributed by atoms with E-state index in [4.69, 9.17) is 4.74 Å². The molecular formula is C24H26N4O3S. The maximum atomic E-state index is 13.2. The van der Waals surface area contributed by atoms with Crippen molar-refractivity contribution >= 4 is 29.3 Å². The number of methoxy groups -OCH3 is 1. The molecular weight excluding hydrogens is 424 g/mol. The molecule has 1 aliphatic heterocycles. The topological polar surface area (TPSA) is 76.5 Å². The number of carbonyl (C=O) groups excluding carboxylic acids is 2. The van der Waals surface area contributed by atoms with Crippen molar-refractivity contribution in [3.63, 3.8) is 0 Å². The van der Waals surface area contributed by atoms with Crippen LogP contribution in [0.25, 0.3) is 0 Å². The number of imidazole rings is 1. The number of thioether (sulfide) groups is 1. The molecule has 1 N–H and O–H groups in total. The van der Waals surface area contributed by atoms with E-state index in [9.17, 15) is 9.59 Å². The fourth-order valence-corrected chi connectivity index (χ4v) is 4.31. The van der Waals surface area contributed by atoms with Crippen molar-refractivity contribution in [2.45, 2.75) is 17.4 Å². The molecule has 8 heteroatoms. The molecule has 2 amide bonds. The molecule has 1 saturated heterocycles. The third-order valence-corrected chi connectivity index (χ3v) is 6.48. The Kier molecular flexibility index (Phi) is 6.50. The van der Waals surface area contributed by atoms with Crippen LogP contribution in [0.2, 0.25) is 0 Å². The van der Waals surface area contributed by atoms with E-state index in [2.05, 4.69) is 10.3 Å². The van der Waals surface area contributed by atoms with Gasteiger partial charge in [0.2, 0.25) is 11.8 Å². The zero-order valence-electron chi connectivity index (χ0n) is 18.3. The largest absolute Gasteiger partial charge is 0.497 e. The third-order valence-electron chi connectivity index (χ3n) is 5.73. The molecule has 32 heavy (non-hydrogen) atoms. The molecule has 0 bridgehead atoms. The van der Waals surface area contributed by atoms with Crippen molar-refractivity contribution in [3.05, 3.63) is 72.3 Å². The molecule has 0 spiro atoms. The Morgan fingerprint density at radius 3 is 2.50 bits per heavy atom. The van der Waals surface area contributed by atoms with Gasteiger partial charge < -0.3 is 19.5 Å². The Labute approximate surface area is 191 Å². The predicted octanol–water partition coefficient (Wildman–Crippen LogP) is 3.41. The van der Waals surface area contributed by atoms with Crippen LogP contribution in [0, 0.1) is 5.92 Å². The van der Waals surface area contributed by atoms with Gasteiger partial charge in [0.05, 0.1) is 13.0 Å². The average Bonchev–Trinajstić information content (AvgIpc) is 3.43. The molecule has 0 unspecified atom stereocenters. The Hall–Kier alpha value is -3.26. The van der Waals surface area contributed by atoms with E-state index in [1.807, 2.05) is 72.6 Å². The monoisotopic (exact) mass is 450 g/mol. The standard InChI is InChI=1S/C24H26N4O3S/c1-27-13-12-25-23(27)22(16-4-8-19(31-2)9-5-16)26-24(30)17-14-21(29)28(15-17)18-6-10-20(32-3)11-7-18/h4-13,17,22H,14-15H2,1-3H3,(H,26,30)/t17-,22+/m0/s1. The number of carbonyl (C=O) groups is 2. The van der Waals surface area contributed by atoms with Crippen LogP contribution < -0.4 is 15.0 Å². The first kappa shape index (κ1) is 22.0. The highest BCUT2D eigenvalue weighted by Gasteiger charge is 2.36. The molecule has 2 atom stereocenters. The van der Waals surface area contributed by atoms with Gasteiger partial charge in [-0.05, 0) is 48.2 Å². The smallest absolute Gasteiger partial charge is 0.227 e. The SMILES string of the molecule is COc1ccc([C@@H](NC(=O)[C@H]2CC(=O)N(c3ccc(SC)cc3)C2)c2nccn2C)cc1. The normalized spacial score (nSPS) is 16.8. The minimum absolute atomic E-state index is 0.0416. The van der Waals surface area contributed by atoms with E-state index in [0.29, 0.717) is 6.54 Å². The lowest BCUT2D eigenvalue weighted by atomic mass is 10.0. The van der Waals surface area contributed by atoms with Gasteiger partial charge in [0.25, 0.3) is 0 Å². The Balaban J connectivity index is 1.53. The van der Waals surface area contributed by atoms with Crippen molar-refractivity contribution in [2.24, 2.45) is 13.0 Å². The van der Waals surface area contributed by atoms with Crippen molar-refractivity contribution in [2.75, 3.05) is 24.8 Å². The highest BCUT2D eigenvalue weighted by Crippen LogP contribution is 2.29. The molecule has 4 rings (SSSR count). The van der Waals surface area contributed by atoms with Crippen LogP contribution in [0.3, 0.4) is 0 Å². The molecule has 2 heterocycles. The second-order valence-electron chi connectivity index (χ2n) is 7.71. The molecule has 0 radical (unpaired) electrons. The van der Waals surface area contributed by atoms with Crippen LogP contribution >= 0.6 is 11.8 Å². The quantitative estimate of drug-likeness (QED) is 0.559. The summed E-state index contributed by atoms with van der Waals surface area (Å²) in [6.07, 6.45) is 5.75. The minimum Gasteiger partial charge on any atom is -0.497 e. The fourth-order valence-electron chi connectivity index (χ4n) is 3.90. The van der Waals surface area contributed by atoms with E-state index in [0.717, 1.165) is 27.7 Å². The molecule has 1 fully saturated rings. The number of aromatic nitrogens is 2. The summed E-state index contributed by atoms with van der Waals surface area (Å²) in [4.78, 5) is 33.2. The summed E-state index contributed by atoms with van der Waals surface area (Å²) in [6, 6.07) is 14.9. The number of anilines is 1. The molecule has 0 aliphatic carbocycles. The minimum atomic E-state index is -0.432. The molecule has 2 aromatic carbocycles. The van der Waals surface area contributed by atoms with Crippen molar-refractivity contribution in [1.82, 2.24) is 14.9 Å². The van der Waals surface area contributed by atoms with E-state index in [1.165, 1.54) is 0 Å². The summed E-state index contributed by atoms with van der Waals surface area (Å²) in [6.45, 7) is 0.360. The molecule has 1 aliphatic rings. The summed E-state index contributed by atoms with van der Waals surface area (Å²) < 4.78 is 7.14. The average molecular weight is 451 g/mol. The summed E-state index contributed by atoms with van der Waals surface area (Å²) in [5.74, 6) is 0.828. The number of rotatable bonds is 7. The van der Waals surface area contributed by atoms with Crippen LogP contribution in [0.4, 0.5) is 5.69 Å². The third kappa shape index (κ3) is 4.50. The van der Waals surface area contributed by atoms with Crippen LogP contribution in [0.5, 0.6) is 5.75 Å². The van der Waals surface area contributed by atoms with Gasteiger partial charge in [0.15, 0.2) is 0 Å². The summed E-state index contributed by atoms with van der Waals surface area (Å²) in [5.41, 5.74) is 1.71. The fraction of sp³-hybridized carbons (Fsp3) is 0.292. The van der Waals surface area contributed by atoms with Crippen LogP contribution in [0.1, 0.15) is 23.9 Å². The van der Waals surface area contributed by atoms with Gasteiger partial charge in [-0.3, -0.25) is 9.59 Å². The van der Waals surface area contributed by atoms with Crippen LogP contribution in [-0.2, 0) is 16.6 Å². The van der Waals surface area contributed by atoms with Gasteiger partial charge in [0.1, 0.15) is 17.6 Å². The zero-order valence-corrected chi connectivity index (χ0v) is 19.1. The second-order valence-corrected chi connectivity index (χ2v) is 8.59. The van der Waals surface area contributed by atoms with E-state index >= 15 is 0 Å². The zero-order chi connectivity index (χ0) is 22.7. The number of nitrogens with zero attached hydrogens (tertiary/aromatic N) is 3. The second kappa shape index (κ2) is 9.48. The molecule has 1 aromatic heterocycles. The summed E-state index contributed by atoms with van der Waals surface area (Å²) in [7, 11) is 3.51. The van der Waals surface area contributed by atoms with Gasteiger partial charge in [-0.1, -0.05) is 12.1 Å². The highest BCUT2D eigenvalue weighted by molar-refractivity contribution is 7.98. The van der Waals surface area contributed by atoms with Gasteiger partial charge >= 0.3 is 0 Å². The number of aryl methyl sites for hydroxylation is 1. The van der Waals surface area contributed by atoms with Gasteiger partial charge in [-0.15, -0.1) is 11.8 Å². The maximum absolute atomic E-state index is 13.2. The number of hydrogen-bond acceptors (Lipinski definition) is 5.